The third kappa shape index (κ3) is 3.81. The lowest BCUT2D eigenvalue weighted by molar-refractivity contribution is -0.115. The smallest absolute Gasteiger partial charge is 0.228 e. The second-order valence-electron chi connectivity index (χ2n) is 5.78. The topological polar surface area (TPSA) is 54.9 Å². The summed E-state index contributed by atoms with van der Waals surface area (Å²) in [5.41, 5.74) is 3.59. The number of pyridine rings is 1. The van der Waals surface area contributed by atoms with Gasteiger partial charge >= 0.3 is 0 Å². The van der Waals surface area contributed by atoms with Crippen molar-refractivity contribution in [3.63, 3.8) is 0 Å². The quantitative estimate of drug-likeness (QED) is 0.484. The predicted octanol–water partition coefficient (Wildman–Crippen LogP) is 5.30. The van der Waals surface area contributed by atoms with Crippen LogP contribution in [-0.4, -0.2) is 15.9 Å². The van der Waals surface area contributed by atoms with Gasteiger partial charge in [0.1, 0.15) is 15.4 Å². The van der Waals surface area contributed by atoms with Gasteiger partial charge in [0.15, 0.2) is 0 Å². The van der Waals surface area contributed by atoms with Crippen LogP contribution in [0, 0.1) is 0 Å². The van der Waals surface area contributed by atoms with Crippen molar-refractivity contribution in [1.82, 2.24) is 9.97 Å². The van der Waals surface area contributed by atoms with Crippen molar-refractivity contribution in [3.05, 3.63) is 76.9 Å². The highest BCUT2D eigenvalue weighted by molar-refractivity contribution is 9.10. The Balaban J connectivity index is 1.51. The molecule has 6 heteroatoms. The van der Waals surface area contributed by atoms with Crippen molar-refractivity contribution in [3.8, 4) is 10.6 Å². The van der Waals surface area contributed by atoms with Crippen LogP contribution in [0.2, 0.25) is 0 Å². The standard InChI is InChI=1S/C20H14BrN3OS/c21-15-8-6-13(7-9-15)11-18(25)23-16-4-1-3-14(12-16)19-24-17-5-2-10-22-20(17)26-19/h1-10,12H,11H2,(H,23,25). The van der Waals surface area contributed by atoms with Crippen molar-refractivity contribution in [2.75, 3.05) is 5.32 Å². The fourth-order valence-electron chi connectivity index (χ4n) is 2.62. The zero-order valence-corrected chi connectivity index (χ0v) is 16.0. The van der Waals surface area contributed by atoms with Crippen LogP contribution in [0.4, 0.5) is 5.69 Å². The average Bonchev–Trinajstić information content (AvgIpc) is 3.08. The van der Waals surface area contributed by atoms with Crippen molar-refractivity contribution < 1.29 is 4.79 Å². The van der Waals surface area contributed by atoms with Gasteiger partial charge in [-0.25, -0.2) is 9.97 Å². The Kier molecular flexibility index (Phi) is 4.77. The van der Waals surface area contributed by atoms with Crippen molar-refractivity contribution in [1.29, 1.82) is 0 Å². The normalized spacial score (nSPS) is 10.8. The van der Waals surface area contributed by atoms with Gasteiger partial charge < -0.3 is 5.32 Å². The van der Waals surface area contributed by atoms with E-state index in [4.69, 9.17) is 0 Å². The van der Waals surface area contributed by atoms with Gasteiger partial charge in [0.25, 0.3) is 0 Å². The molecule has 2 aromatic heterocycles. The molecular weight excluding hydrogens is 410 g/mol. The van der Waals surface area contributed by atoms with Crippen LogP contribution in [0.1, 0.15) is 5.56 Å². The number of hydrogen-bond acceptors (Lipinski definition) is 4. The summed E-state index contributed by atoms with van der Waals surface area (Å²) in [5, 5.41) is 3.85. The first-order valence-electron chi connectivity index (χ1n) is 8.04. The summed E-state index contributed by atoms with van der Waals surface area (Å²) in [6, 6.07) is 19.3. The molecule has 0 saturated heterocycles. The second-order valence-corrected chi connectivity index (χ2v) is 7.67. The average molecular weight is 424 g/mol. The van der Waals surface area contributed by atoms with E-state index in [1.54, 1.807) is 17.5 Å². The first kappa shape index (κ1) is 16.9. The molecule has 0 atom stereocenters. The molecule has 0 radical (unpaired) electrons. The van der Waals surface area contributed by atoms with Gasteiger partial charge in [-0.15, -0.1) is 0 Å². The predicted molar refractivity (Wildman–Crippen MR) is 109 cm³/mol. The molecule has 0 aliphatic rings. The zero-order chi connectivity index (χ0) is 17.9. The molecule has 128 valence electrons. The van der Waals surface area contributed by atoms with Gasteiger partial charge in [-0.1, -0.05) is 51.5 Å². The Morgan fingerprint density at radius 3 is 2.73 bits per heavy atom. The highest BCUT2D eigenvalue weighted by Gasteiger charge is 2.09. The van der Waals surface area contributed by atoms with Gasteiger partial charge in [0, 0.05) is 21.9 Å². The number of thiazole rings is 1. The molecule has 0 fully saturated rings. The molecule has 26 heavy (non-hydrogen) atoms. The largest absolute Gasteiger partial charge is 0.326 e. The fourth-order valence-corrected chi connectivity index (χ4v) is 3.78. The molecular formula is C20H14BrN3OS. The number of nitrogens with zero attached hydrogens (tertiary/aromatic N) is 2. The lowest BCUT2D eigenvalue weighted by Gasteiger charge is -2.07. The summed E-state index contributed by atoms with van der Waals surface area (Å²) < 4.78 is 1.000. The van der Waals surface area contributed by atoms with E-state index in [2.05, 4.69) is 31.2 Å². The number of amides is 1. The molecule has 0 unspecified atom stereocenters. The highest BCUT2D eigenvalue weighted by Crippen LogP contribution is 2.30. The van der Waals surface area contributed by atoms with Gasteiger partial charge in [-0.2, -0.15) is 0 Å². The molecule has 4 aromatic rings. The van der Waals surface area contributed by atoms with Crippen LogP contribution in [0.3, 0.4) is 0 Å². The number of rotatable bonds is 4. The minimum absolute atomic E-state index is 0.0459. The van der Waals surface area contributed by atoms with Crippen molar-refractivity contribution in [2.45, 2.75) is 6.42 Å². The molecule has 0 spiro atoms. The molecule has 4 nitrogen and oxygen atoms in total. The van der Waals surface area contributed by atoms with E-state index >= 15 is 0 Å². The number of benzene rings is 2. The molecule has 0 aliphatic carbocycles. The molecule has 0 aliphatic heterocycles. The van der Waals surface area contributed by atoms with E-state index in [-0.39, 0.29) is 5.91 Å². The number of nitrogens with one attached hydrogen (secondary N) is 1. The highest BCUT2D eigenvalue weighted by atomic mass is 79.9. The van der Waals surface area contributed by atoms with Gasteiger partial charge in [-0.3, -0.25) is 4.79 Å². The first-order chi connectivity index (χ1) is 12.7. The van der Waals surface area contributed by atoms with E-state index in [0.29, 0.717) is 6.42 Å². The minimum Gasteiger partial charge on any atom is -0.326 e. The molecule has 1 amide bonds. The maximum atomic E-state index is 12.3. The number of aromatic nitrogens is 2. The summed E-state index contributed by atoms with van der Waals surface area (Å²) in [6.07, 6.45) is 2.10. The maximum Gasteiger partial charge on any atom is 0.228 e. The van der Waals surface area contributed by atoms with Gasteiger partial charge in [0.05, 0.1) is 6.42 Å². The summed E-state index contributed by atoms with van der Waals surface area (Å²) in [7, 11) is 0. The SMILES string of the molecule is O=C(Cc1ccc(Br)cc1)Nc1cccc(-c2nc3cccnc3s2)c1. The number of anilines is 1. The van der Waals surface area contributed by atoms with Crippen LogP contribution in [0.15, 0.2) is 71.3 Å². The van der Waals surface area contributed by atoms with Crippen LogP contribution >= 0.6 is 27.3 Å². The van der Waals surface area contributed by atoms with Crippen LogP contribution in [0.25, 0.3) is 20.9 Å². The Morgan fingerprint density at radius 2 is 1.92 bits per heavy atom. The molecule has 2 heterocycles. The monoisotopic (exact) mass is 423 g/mol. The number of carbonyl (C=O) groups is 1. The second kappa shape index (κ2) is 7.35. The van der Waals surface area contributed by atoms with E-state index in [9.17, 15) is 4.79 Å². The van der Waals surface area contributed by atoms with E-state index in [0.717, 1.165) is 36.6 Å². The maximum absolute atomic E-state index is 12.3. The summed E-state index contributed by atoms with van der Waals surface area (Å²) >= 11 is 4.94. The Hall–Kier alpha value is -2.57. The lowest BCUT2D eigenvalue weighted by Crippen LogP contribution is -2.14. The third-order valence-electron chi connectivity index (χ3n) is 3.84. The molecule has 1 N–H and O–H groups in total. The number of halogens is 1. The zero-order valence-electron chi connectivity index (χ0n) is 13.6. The molecule has 0 bridgehead atoms. The lowest BCUT2D eigenvalue weighted by atomic mass is 10.1. The summed E-state index contributed by atoms with van der Waals surface area (Å²) in [4.78, 5) is 22.2. The third-order valence-corrected chi connectivity index (χ3v) is 5.39. The van der Waals surface area contributed by atoms with Gasteiger partial charge in [-0.05, 0) is 42.0 Å². The van der Waals surface area contributed by atoms with E-state index in [1.807, 2.05) is 60.7 Å². The Labute approximate surface area is 163 Å². The first-order valence-corrected chi connectivity index (χ1v) is 9.65. The van der Waals surface area contributed by atoms with Crippen LogP contribution < -0.4 is 5.32 Å². The number of carbonyl (C=O) groups excluding carboxylic acids is 1. The Bertz CT molecular complexity index is 1040. The van der Waals surface area contributed by atoms with Gasteiger partial charge in [0.2, 0.25) is 5.91 Å². The summed E-state index contributed by atoms with van der Waals surface area (Å²) in [6.45, 7) is 0. The molecule has 4 rings (SSSR count). The minimum atomic E-state index is -0.0459. The van der Waals surface area contributed by atoms with Crippen LogP contribution in [0.5, 0.6) is 0 Å². The van der Waals surface area contributed by atoms with E-state index < -0.39 is 0 Å². The summed E-state index contributed by atoms with van der Waals surface area (Å²) in [5.74, 6) is -0.0459. The Morgan fingerprint density at radius 1 is 1.08 bits per heavy atom. The van der Waals surface area contributed by atoms with E-state index in [1.165, 1.54) is 0 Å². The number of fused-ring (bicyclic) bond motifs is 1. The van der Waals surface area contributed by atoms with Crippen molar-refractivity contribution >= 4 is 49.2 Å². The number of hydrogen-bond donors (Lipinski definition) is 1. The van der Waals surface area contributed by atoms with Crippen LogP contribution in [-0.2, 0) is 11.2 Å². The fraction of sp³-hybridized carbons (Fsp3) is 0.0500. The molecule has 2 aromatic carbocycles. The molecule has 0 saturated carbocycles. The van der Waals surface area contributed by atoms with Crippen molar-refractivity contribution in [2.24, 2.45) is 0 Å².